The third-order valence-electron chi connectivity index (χ3n) is 2.86. The van der Waals surface area contributed by atoms with Crippen molar-refractivity contribution >= 4 is 44.8 Å². The number of hydrogen-bond acceptors (Lipinski definition) is 4. The van der Waals surface area contributed by atoms with Crippen LogP contribution >= 0.6 is 27.3 Å². The van der Waals surface area contributed by atoms with E-state index in [-0.39, 0.29) is 19.0 Å². The van der Waals surface area contributed by atoms with E-state index in [1.807, 2.05) is 18.2 Å². The topological polar surface area (TPSA) is 89.4 Å². The first-order valence-corrected chi connectivity index (χ1v) is 7.79. The van der Waals surface area contributed by atoms with E-state index in [2.05, 4.69) is 15.9 Å². The molecule has 0 aliphatic carbocycles. The second kappa shape index (κ2) is 6.73. The molecule has 0 saturated carbocycles. The van der Waals surface area contributed by atoms with Crippen molar-refractivity contribution < 1.29 is 9.59 Å². The van der Waals surface area contributed by atoms with Crippen molar-refractivity contribution in [3.63, 3.8) is 0 Å². The third kappa shape index (κ3) is 4.05. The molecule has 0 aliphatic heterocycles. The summed E-state index contributed by atoms with van der Waals surface area (Å²) in [5.74, 6) is -0.814. The van der Waals surface area contributed by atoms with E-state index in [0.717, 1.165) is 9.35 Å². The SMILES string of the molecule is NC(=O)CN(Cc1ccccc1N)C(=O)c1csc(Br)c1. The maximum Gasteiger partial charge on any atom is 0.255 e. The van der Waals surface area contributed by atoms with E-state index in [1.54, 1.807) is 17.5 Å². The number of carbonyl (C=O) groups is 2. The third-order valence-corrected chi connectivity index (χ3v) is 4.37. The van der Waals surface area contributed by atoms with E-state index >= 15 is 0 Å². The van der Waals surface area contributed by atoms with E-state index in [1.165, 1.54) is 16.2 Å². The van der Waals surface area contributed by atoms with Gasteiger partial charge in [0.2, 0.25) is 5.91 Å². The van der Waals surface area contributed by atoms with Gasteiger partial charge in [-0.1, -0.05) is 18.2 Å². The molecule has 0 fully saturated rings. The Morgan fingerprint density at radius 3 is 2.57 bits per heavy atom. The Balaban J connectivity index is 2.24. The smallest absolute Gasteiger partial charge is 0.255 e. The average molecular weight is 368 g/mol. The Labute approximate surface area is 134 Å². The monoisotopic (exact) mass is 367 g/mol. The van der Waals surface area contributed by atoms with Gasteiger partial charge in [0, 0.05) is 17.6 Å². The normalized spacial score (nSPS) is 10.3. The second-order valence-electron chi connectivity index (χ2n) is 4.47. The zero-order valence-corrected chi connectivity index (χ0v) is 13.5. The van der Waals surface area contributed by atoms with E-state index < -0.39 is 5.91 Å². The van der Waals surface area contributed by atoms with Crippen molar-refractivity contribution in [2.24, 2.45) is 5.73 Å². The van der Waals surface area contributed by atoms with Gasteiger partial charge in [-0.15, -0.1) is 11.3 Å². The number of carbonyl (C=O) groups excluding carboxylic acids is 2. The number of benzene rings is 1. The molecule has 0 unspecified atom stereocenters. The lowest BCUT2D eigenvalue weighted by atomic mass is 10.1. The Hall–Kier alpha value is -1.86. The maximum atomic E-state index is 12.5. The van der Waals surface area contributed by atoms with Gasteiger partial charge in [-0.25, -0.2) is 0 Å². The van der Waals surface area contributed by atoms with Gasteiger partial charge >= 0.3 is 0 Å². The van der Waals surface area contributed by atoms with Crippen molar-refractivity contribution in [3.05, 3.63) is 50.6 Å². The molecule has 21 heavy (non-hydrogen) atoms. The molecule has 1 aromatic heterocycles. The van der Waals surface area contributed by atoms with Crippen LogP contribution in [0.1, 0.15) is 15.9 Å². The number of thiophene rings is 1. The molecule has 4 N–H and O–H groups in total. The molecule has 2 rings (SSSR count). The van der Waals surface area contributed by atoms with Crippen LogP contribution in [0.4, 0.5) is 5.69 Å². The summed E-state index contributed by atoms with van der Waals surface area (Å²) in [5.41, 5.74) is 13.0. The van der Waals surface area contributed by atoms with Crippen molar-refractivity contribution in [2.75, 3.05) is 12.3 Å². The quantitative estimate of drug-likeness (QED) is 0.793. The molecule has 0 radical (unpaired) electrons. The van der Waals surface area contributed by atoms with E-state index in [4.69, 9.17) is 11.5 Å². The first-order chi connectivity index (χ1) is 9.97. The molecule has 7 heteroatoms. The van der Waals surface area contributed by atoms with Gasteiger partial charge < -0.3 is 16.4 Å². The predicted molar refractivity (Wildman–Crippen MR) is 86.8 cm³/mol. The number of halogens is 1. The van der Waals surface area contributed by atoms with Crippen molar-refractivity contribution in [3.8, 4) is 0 Å². The van der Waals surface area contributed by atoms with Crippen molar-refractivity contribution in [1.29, 1.82) is 0 Å². The van der Waals surface area contributed by atoms with Crippen LogP contribution in [0.5, 0.6) is 0 Å². The molecule has 2 aromatic rings. The Bertz CT molecular complexity index is 672. The highest BCUT2D eigenvalue weighted by Crippen LogP contribution is 2.23. The summed E-state index contributed by atoms with van der Waals surface area (Å²) in [5, 5.41) is 1.73. The van der Waals surface area contributed by atoms with Crippen LogP contribution in [0.3, 0.4) is 0 Å². The number of anilines is 1. The summed E-state index contributed by atoms with van der Waals surface area (Å²) in [7, 11) is 0. The second-order valence-corrected chi connectivity index (χ2v) is 6.76. The van der Waals surface area contributed by atoms with Crippen LogP contribution in [0, 0.1) is 0 Å². The molecular formula is C14H14BrN3O2S. The van der Waals surface area contributed by atoms with Gasteiger partial charge in [-0.3, -0.25) is 9.59 Å². The van der Waals surface area contributed by atoms with Gasteiger partial charge in [0.1, 0.15) is 0 Å². The molecule has 1 heterocycles. The lowest BCUT2D eigenvalue weighted by Gasteiger charge is -2.21. The molecule has 110 valence electrons. The average Bonchev–Trinajstić information content (AvgIpc) is 2.86. The fraction of sp³-hybridized carbons (Fsp3) is 0.143. The van der Waals surface area contributed by atoms with Crippen LogP contribution in [0.15, 0.2) is 39.5 Å². The van der Waals surface area contributed by atoms with Gasteiger partial charge in [0.15, 0.2) is 0 Å². The molecule has 0 spiro atoms. The van der Waals surface area contributed by atoms with Crippen LogP contribution in [0.2, 0.25) is 0 Å². The summed E-state index contributed by atoms with van der Waals surface area (Å²) in [6.07, 6.45) is 0. The number of amides is 2. The Morgan fingerprint density at radius 2 is 2.00 bits per heavy atom. The summed E-state index contributed by atoms with van der Waals surface area (Å²) in [6, 6.07) is 8.94. The molecule has 0 atom stereocenters. The Kier molecular flexibility index (Phi) is 4.98. The summed E-state index contributed by atoms with van der Waals surface area (Å²) < 4.78 is 0.851. The van der Waals surface area contributed by atoms with Crippen LogP contribution in [0.25, 0.3) is 0 Å². The molecule has 2 amide bonds. The summed E-state index contributed by atoms with van der Waals surface area (Å²) in [4.78, 5) is 25.1. The number of nitrogens with two attached hydrogens (primary N) is 2. The standard InChI is InChI=1S/C14H14BrN3O2S/c15-12-5-10(8-21-12)14(20)18(7-13(17)19)6-9-3-1-2-4-11(9)16/h1-5,8H,6-7,16H2,(H2,17,19). The minimum Gasteiger partial charge on any atom is -0.398 e. The highest BCUT2D eigenvalue weighted by atomic mass is 79.9. The number of rotatable bonds is 5. The van der Waals surface area contributed by atoms with Crippen LogP contribution in [-0.4, -0.2) is 23.3 Å². The van der Waals surface area contributed by atoms with Crippen LogP contribution < -0.4 is 11.5 Å². The van der Waals surface area contributed by atoms with Crippen LogP contribution in [-0.2, 0) is 11.3 Å². The molecular weight excluding hydrogens is 354 g/mol. The number of nitrogens with zero attached hydrogens (tertiary/aromatic N) is 1. The summed E-state index contributed by atoms with van der Waals surface area (Å²) >= 11 is 4.72. The minimum absolute atomic E-state index is 0.152. The van der Waals surface area contributed by atoms with Crippen molar-refractivity contribution in [1.82, 2.24) is 4.90 Å². The minimum atomic E-state index is -0.563. The van der Waals surface area contributed by atoms with Gasteiger partial charge in [-0.05, 0) is 33.6 Å². The molecule has 0 bridgehead atoms. The first-order valence-electron chi connectivity index (χ1n) is 6.12. The Morgan fingerprint density at radius 1 is 1.29 bits per heavy atom. The lowest BCUT2D eigenvalue weighted by molar-refractivity contribution is -0.118. The number of para-hydroxylation sites is 1. The molecule has 1 aromatic carbocycles. The van der Waals surface area contributed by atoms with Gasteiger partial charge in [-0.2, -0.15) is 0 Å². The number of primary amides is 1. The molecule has 0 aliphatic rings. The summed E-state index contributed by atoms with van der Waals surface area (Å²) in [6.45, 7) is 0.0859. The number of hydrogen-bond donors (Lipinski definition) is 2. The highest BCUT2D eigenvalue weighted by molar-refractivity contribution is 9.11. The number of nitrogen functional groups attached to an aromatic ring is 1. The predicted octanol–water partition coefficient (Wildman–Crippen LogP) is 2.22. The molecule has 5 nitrogen and oxygen atoms in total. The lowest BCUT2D eigenvalue weighted by Crippen LogP contribution is -2.38. The highest BCUT2D eigenvalue weighted by Gasteiger charge is 2.20. The van der Waals surface area contributed by atoms with Gasteiger partial charge in [0.05, 0.1) is 15.9 Å². The maximum absolute atomic E-state index is 12.5. The van der Waals surface area contributed by atoms with E-state index in [0.29, 0.717) is 11.3 Å². The fourth-order valence-electron chi connectivity index (χ4n) is 1.88. The zero-order valence-electron chi connectivity index (χ0n) is 11.1. The van der Waals surface area contributed by atoms with Gasteiger partial charge in [0.25, 0.3) is 5.91 Å². The zero-order chi connectivity index (χ0) is 15.4. The fourth-order valence-corrected chi connectivity index (χ4v) is 3.01. The van der Waals surface area contributed by atoms with Crippen molar-refractivity contribution in [2.45, 2.75) is 6.54 Å². The largest absolute Gasteiger partial charge is 0.398 e. The molecule has 0 saturated heterocycles. The first kappa shape index (κ1) is 15.5. The van der Waals surface area contributed by atoms with E-state index in [9.17, 15) is 9.59 Å².